The number of hydrogen-bond acceptors (Lipinski definition) is 3. The van der Waals surface area contributed by atoms with Gasteiger partial charge in [0, 0.05) is 24.5 Å². The molecule has 0 spiro atoms. The first kappa shape index (κ1) is 12.2. The summed E-state index contributed by atoms with van der Waals surface area (Å²) in [5.41, 5.74) is 8.14. The summed E-state index contributed by atoms with van der Waals surface area (Å²) >= 11 is 0. The quantitative estimate of drug-likeness (QED) is 0.666. The molecule has 1 amide bonds. The van der Waals surface area contributed by atoms with Gasteiger partial charge in [-0.15, -0.1) is 0 Å². The van der Waals surface area contributed by atoms with E-state index in [1.165, 1.54) is 6.08 Å². The zero-order valence-electron chi connectivity index (χ0n) is 10.6. The number of benzene rings is 1. The van der Waals surface area contributed by atoms with Gasteiger partial charge in [-0.2, -0.15) is 0 Å². The van der Waals surface area contributed by atoms with E-state index in [0.29, 0.717) is 17.8 Å². The molecule has 4 heteroatoms. The summed E-state index contributed by atoms with van der Waals surface area (Å²) in [5, 5.41) is 0.955. The Bertz CT molecular complexity index is 614. The number of carbonyl (C=O) groups excluding carboxylic acids is 1. The minimum Gasteiger partial charge on any atom is -0.459 e. The smallest absolute Gasteiger partial charge is 0.245 e. The molecule has 0 aliphatic rings. The Balaban J connectivity index is 2.45. The molecule has 0 bridgehead atoms. The molecule has 2 aromatic rings. The molecule has 0 radical (unpaired) electrons. The molecule has 2 N–H and O–H groups in total. The third kappa shape index (κ3) is 1.97. The number of nitrogen functional groups attached to an aromatic ring is 1. The normalized spacial score (nSPS) is 10.6. The van der Waals surface area contributed by atoms with Crippen molar-refractivity contribution in [2.75, 3.05) is 12.8 Å². The first-order valence-electron chi connectivity index (χ1n) is 5.68. The van der Waals surface area contributed by atoms with Gasteiger partial charge in [0.15, 0.2) is 5.58 Å². The van der Waals surface area contributed by atoms with Gasteiger partial charge in [-0.25, -0.2) is 0 Å². The van der Waals surface area contributed by atoms with Crippen molar-refractivity contribution >= 4 is 22.6 Å². The van der Waals surface area contributed by atoms with Crippen molar-refractivity contribution in [3.63, 3.8) is 0 Å². The largest absolute Gasteiger partial charge is 0.459 e. The second-order valence-corrected chi connectivity index (χ2v) is 4.26. The fourth-order valence-corrected chi connectivity index (χ4v) is 1.98. The third-order valence-corrected chi connectivity index (χ3v) is 3.00. The number of likely N-dealkylation sites (N-methyl/N-ethyl adjacent to an activating group) is 1. The van der Waals surface area contributed by atoms with Gasteiger partial charge in [-0.3, -0.25) is 4.79 Å². The molecule has 0 aliphatic heterocycles. The predicted molar refractivity (Wildman–Crippen MR) is 72.0 cm³/mol. The second kappa shape index (κ2) is 4.56. The average molecular weight is 244 g/mol. The Labute approximate surface area is 106 Å². The van der Waals surface area contributed by atoms with Crippen LogP contribution in [0, 0.1) is 6.92 Å². The maximum atomic E-state index is 11.5. The van der Waals surface area contributed by atoms with Crippen LogP contribution in [0.2, 0.25) is 0 Å². The lowest BCUT2D eigenvalue weighted by Crippen LogP contribution is -2.24. The average Bonchev–Trinajstić information content (AvgIpc) is 2.67. The van der Waals surface area contributed by atoms with E-state index in [1.54, 1.807) is 18.0 Å². The highest BCUT2D eigenvalue weighted by Crippen LogP contribution is 2.30. The van der Waals surface area contributed by atoms with Gasteiger partial charge in [0.25, 0.3) is 0 Å². The summed E-state index contributed by atoms with van der Waals surface area (Å²) < 4.78 is 5.66. The zero-order valence-corrected chi connectivity index (χ0v) is 10.6. The van der Waals surface area contributed by atoms with Crippen LogP contribution in [-0.2, 0) is 11.3 Å². The molecule has 2 rings (SSSR count). The summed E-state index contributed by atoms with van der Waals surface area (Å²) in [7, 11) is 1.73. The Morgan fingerprint density at radius 3 is 2.94 bits per heavy atom. The van der Waals surface area contributed by atoms with Gasteiger partial charge in [0.05, 0.1) is 5.69 Å². The number of carbonyl (C=O) groups is 1. The van der Waals surface area contributed by atoms with Crippen molar-refractivity contribution in [2.45, 2.75) is 13.5 Å². The molecular formula is C14H16N2O2. The van der Waals surface area contributed by atoms with Crippen LogP contribution in [0.1, 0.15) is 11.3 Å². The van der Waals surface area contributed by atoms with Crippen LogP contribution >= 0.6 is 0 Å². The van der Waals surface area contributed by atoms with Crippen molar-refractivity contribution < 1.29 is 9.21 Å². The number of hydrogen-bond donors (Lipinski definition) is 1. The number of anilines is 1. The Morgan fingerprint density at radius 2 is 2.28 bits per heavy atom. The maximum absolute atomic E-state index is 11.5. The standard InChI is InChI=1S/C14H16N2O2/c1-4-13(17)16(3)8-11-9(2)18-14-10(11)6-5-7-12(14)15/h4-7H,1,8,15H2,2-3H3. The van der Waals surface area contributed by atoms with Crippen LogP contribution in [0.25, 0.3) is 11.0 Å². The van der Waals surface area contributed by atoms with E-state index in [1.807, 2.05) is 19.1 Å². The molecule has 1 aromatic heterocycles. The number of para-hydroxylation sites is 1. The number of nitrogens with two attached hydrogens (primary N) is 1. The topological polar surface area (TPSA) is 59.5 Å². The molecule has 0 aliphatic carbocycles. The second-order valence-electron chi connectivity index (χ2n) is 4.26. The number of nitrogens with zero attached hydrogens (tertiary/aromatic N) is 1. The van der Waals surface area contributed by atoms with Crippen LogP contribution in [-0.4, -0.2) is 17.9 Å². The summed E-state index contributed by atoms with van der Waals surface area (Å²) in [6, 6.07) is 5.63. The lowest BCUT2D eigenvalue weighted by atomic mass is 10.1. The van der Waals surface area contributed by atoms with Crippen LogP contribution in [0.15, 0.2) is 35.3 Å². The van der Waals surface area contributed by atoms with Crippen LogP contribution in [0.3, 0.4) is 0 Å². The highest BCUT2D eigenvalue weighted by molar-refractivity contribution is 5.92. The fourth-order valence-electron chi connectivity index (χ4n) is 1.98. The summed E-state index contributed by atoms with van der Waals surface area (Å²) in [5.74, 6) is 0.666. The summed E-state index contributed by atoms with van der Waals surface area (Å²) in [4.78, 5) is 13.1. The molecule has 4 nitrogen and oxygen atoms in total. The highest BCUT2D eigenvalue weighted by Gasteiger charge is 2.15. The van der Waals surface area contributed by atoms with Gasteiger partial charge in [0.1, 0.15) is 5.76 Å². The first-order valence-corrected chi connectivity index (χ1v) is 5.68. The molecular weight excluding hydrogens is 228 g/mol. The lowest BCUT2D eigenvalue weighted by Gasteiger charge is -2.14. The van der Waals surface area contributed by atoms with Crippen molar-refractivity contribution in [3.8, 4) is 0 Å². The maximum Gasteiger partial charge on any atom is 0.245 e. The third-order valence-electron chi connectivity index (χ3n) is 3.00. The SMILES string of the molecule is C=CC(=O)N(C)Cc1c(C)oc2c(N)cccc12. The van der Waals surface area contributed by atoms with Gasteiger partial charge >= 0.3 is 0 Å². The van der Waals surface area contributed by atoms with Crippen molar-refractivity contribution in [3.05, 3.63) is 42.2 Å². The highest BCUT2D eigenvalue weighted by atomic mass is 16.3. The molecule has 94 valence electrons. The number of furan rings is 1. The van der Waals surface area contributed by atoms with Crippen LogP contribution in [0.4, 0.5) is 5.69 Å². The number of rotatable bonds is 3. The van der Waals surface area contributed by atoms with Gasteiger partial charge in [-0.1, -0.05) is 18.7 Å². The Morgan fingerprint density at radius 1 is 1.56 bits per heavy atom. The summed E-state index contributed by atoms with van der Waals surface area (Å²) in [6.07, 6.45) is 1.30. The van der Waals surface area contributed by atoms with E-state index in [2.05, 4.69) is 6.58 Å². The number of amides is 1. The van der Waals surface area contributed by atoms with E-state index < -0.39 is 0 Å². The van der Waals surface area contributed by atoms with E-state index in [-0.39, 0.29) is 5.91 Å². The van der Waals surface area contributed by atoms with Crippen molar-refractivity contribution in [2.24, 2.45) is 0 Å². The molecule has 1 heterocycles. The van der Waals surface area contributed by atoms with E-state index in [9.17, 15) is 4.79 Å². The number of fused-ring (bicyclic) bond motifs is 1. The molecule has 0 unspecified atom stereocenters. The van der Waals surface area contributed by atoms with Gasteiger partial charge in [-0.05, 0) is 19.1 Å². The lowest BCUT2D eigenvalue weighted by molar-refractivity contribution is -0.125. The molecule has 0 saturated carbocycles. The van der Waals surface area contributed by atoms with Crippen molar-refractivity contribution in [1.29, 1.82) is 0 Å². The van der Waals surface area contributed by atoms with Crippen LogP contribution < -0.4 is 5.73 Å². The molecule has 18 heavy (non-hydrogen) atoms. The van der Waals surface area contributed by atoms with Gasteiger partial charge < -0.3 is 15.1 Å². The summed E-state index contributed by atoms with van der Waals surface area (Å²) in [6.45, 7) is 5.83. The monoisotopic (exact) mass is 244 g/mol. The Hall–Kier alpha value is -2.23. The van der Waals surface area contributed by atoms with E-state index >= 15 is 0 Å². The molecule has 1 aromatic carbocycles. The minimum atomic E-state index is -0.118. The molecule has 0 saturated heterocycles. The van der Waals surface area contributed by atoms with Gasteiger partial charge in [0.2, 0.25) is 5.91 Å². The van der Waals surface area contributed by atoms with E-state index in [0.717, 1.165) is 16.7 Å². The van der Waals surface area contributed by atoms with Crippen LogP contribution in [0.5, 0.6) is 0 Å². The zero-order chi connectivity index (χ0) is 13.3. The predicted octanol–water partition coefficient (Wildman–Crippen LogP) is 2.47. The Kier molecular flexibility index (Phi) is 3.10. The fraction of sp³-hybridized carbons (Fsp3) is 0.214. The molecule has 0 atom stereocenters. The minimum absolute atomic E-state index is 0.118. The number of aryl methyl sites for hydroxylation is 1. The molecule has 0 fully saturated rings. The van der Waals surface area contributed by atoms with E-state index in [4.69, 9.17) is 10.2 Å². The van der Waals surface area contributed by atoms with Crippen molar-refractivity contribution in [1.82, 2.24) is 4.90 Å². The first-order chi connectivity index (χ1) is 8.54.